The van der Waals surface area contributed by atoms with Crippen molar-refractivity contribution in [1.82, 2.24) is 4.98 Å². The second-order valence-corrected chi connectivity index (χ2v) is 9.30. The summed E-state index contributed by atoms with van der Waals surface area (Å²) < 4.78 is 22.7. The Morgan fingerprint density at radius 1 is 1.18 bits per heavy atom. The first-order valence-electron chi connectivity index (χ1n) is 7.68. The van der Waals surface area contributed by atoms with Crippen LogP contribution in [0, 0.1) is 0 Å². The molecule has 1 fully saturated rings. The van der Waals surface area contributed by atoms with Crippen molar-refractivity contribution in [2.45, 2.75) is 37.5 Å². The third-order valence-electron chi connectivity index (χ3n) is 4.47. The molecular weight excluding hydrogens is 314 g/mol. The molecule has 3 rings (SSSR count). The lowest BCUT2D eigenvalue weighted by Crippen LogP contribution is -2.23. The summed E-state index contributed by atoms with van der Waals surface area (Å²) in [4.78, 5) is 4.80. The van der Waals surface area contributed by atoms with Crippen LogP contribution in [0.25, 0.3) is 0 Å². The van der Waals surface area contributed by atoms with E-state index < -0.39 is 9.84 Å². The maximum Gasteiger partial charge on any atom is 0.147 e. The summed E-state index contributed by atoms with van der Waals surface area (Å²) in [5.41, 5.74) is 2.29. The van der Waals surface area contributed by atoms with Gasteiger partial charge in [0.2, 0.25) is 0 Å². The number of rotatable bonds is 5. The average molecular weight is 335 g/mol. The maximum absolute atomic E-state index is 11.3. The Bertz CT molecular complexity index is 729. The first kappa shape index (κ1) is 15.7. The van der Waals surface area contributed by atoms with Crippen molar-refractivity contribution in [2.24, 2.45) is 0 Å². The Labute approximate surface area is 136 Å². The number of nitrogens with zero attached hydrogens (tertiary/aromatic N) is 1. The van der Waals surface area contributed by atoms with Gasteiger partial charge in [-0.25, -0.2) is 13.4 Å². The minimum Gasteiger partial charge on any atom is -0.245 e. The van der Waals surface area contributed by atoms with Crippen molar-refractivity contribution in [1.29, 1.82) is 0 Å². The van der Waals surface area contributed by atoms with Crippen LogP contribution in [-0.4, -0.2) is 25.4 Å². The molecule has 0 unspecified atom stereocenters. The highest BCUT2D eigenvalue weighted by atomic mass is 32.2. The van der Waals surface area contributed by atoms with Gasteiger partial charge in [0.25, 0.3) is 0 Å². The first-order chi connectivity index (χ1) is 10.5. The Morgan fingerprint density at radius 3 is 2.50 bits per heavy atom. The highest BCUT2D eigenvalue weighted by molar-refractivity contribution is 7.90. The van der Waals surface area contributed by atoms with Gasteiger partial charge < -0.3 is 0 Å². The Morgan fingerprint density at radius 2 is 1.86 bits per heavy atom. The molecule has 1 saturated carbocycles. The molecule has 1 aliphatic carbocycles. The van der Waals surface area contributed by atoms with E-state index in [0.29, 0.717) is 6.42 Å². The lowest BCUT2D eigenvalue weighted by molar-refractivity contribution is 0.530. The molecule has 0 radical (unpaired) electrons. The molecule has 118 valence electrons. The third kappa shape index (κ3) is 3.25. The zero-order chi connectivity index (χ0) is 15.6. The molecular formula is C17H21NO2S2. The van der Waals surface area contributed by atoms with Gasteiger partial charge in [-0.05, 0) is 18.4 Å². The molecule has 1 heterocycles. The number of aromatic nitrogens is 1. The van der Waals surface area contributed by atoms with Gasteiger partial charge in [-0.3, -0.25) is 0 Å². The zero-order valence-corrected chi connectivity index (χ0v) is 14.4. The van der Waals surface area contributed by atoms with E-state index in [2.05, 4.69) is 24.3 Å². The van der Waals surface area contributed by atoms with Gasteiger partial charge in [0.15, 0.2) is 0 Å². The maximum atomic E-state index is 11.3. The molecule has 0 saturated heterocycles. The predicted molar refractivity (Wildman–Crippen MR) is 91.2 cm³/mol. The Hall–Kier alpha value is -1.20. The molecule has 5 heteroatoms. The largest absolute Gasteiger partial charge is 0.245 e. The molecule has 1 aliphatic rings. The molecule has 0 spiro atoms. The third-order valence-corrected chi connectivity index (χ3v) is 6.51. The monoisotopic (exact) mass is 335 g/mol. The minimum atomic E-state index is -2.93. The molecule has 2 aromatic rings. The second-order valence-electron chi connectivity index (χ2n) is 6.18. The predicted octanol–water partition coefficient (Wildman–Crippen LogP) is 3.59. The van der Waals surface area contributed by atoms with E-state index in [1.165, 1.54) is 24.7 Å². The van der Waals surface area contributed by atoms with E-state index >= 15 is 0 Å². The number of aryl methyl sites for hydroxylation is 1. The molecule has 0 bridgehead atoms. The van der Waals surface area contributed by atoms with Gasteiger partial charge in [-0.15, -0.1) is 11.3 Å². The van der Waals surface area contributed by atoms with Crippen LogP contribution in [-0.2, 0) is 21.7 Å². The highest BCUT2D eigenvalue weighted by Gasteiger charge is 2.39. The van der Waals surface area contributed by atoms with Crippen LogP contribution in [0.5, 0.6) is 0 Å². The number of hydrogen-bond acceptors (Lipinski definition) is 4. The Balaban J connectivity index is 1.89. The molecule has 0 amide bonds. The zero-order valence-electron chi connectivity index (χ0n) is 12.8. The summed E-state index contributed by atoms with van der Waals surface area (Å²) in [6, 6.07) is 10.6. The summed E-state index contributed by atoms with van der Waals surface area (Å²) in [5, 5.41) is 3.18. The molecule has 1 aromatic heterocycles. The second kappa shape index (κ2) is 6.13. The van der Waals surface area contributed by atoms with Crippen molar-refractivity contribution in [3.8, 4) is 0 Å². The normalized spacial score (nSPS) is 17.7. The van der Waals surface area contributed by atoms with Crippen LogP contribution < -0.4 is 0 Å². The standard InChI is InChI=1S/C17H21NO2S2/c1-22(19,20)12-9-15-13-21-16(18-15)17(10-5-6-11-17)14-7-3-2-4-8-14/h2-4,7-8,13H,5-6,9-12H2,1H3. The van der Waals surface area contributed by atoms with E-state index in [-0.39, 0.29) is 11.2 Å². The van der Waals surface area contributed by atoms with E-state index in [1.807, 2.05) is 11.4 Å². The first-order valence-corrected chi connectivity index (χ1v) is 10.6. The number of benzene rings is 1. The van der Waals surface area contributed by atoms with Crippen LogP contribution in [0.15, 0.2) is 35.7 Å². The van der Waals surface area contributed by atoms with E-state index in [1.54, 1.807) is 11.3 Å². The van der Waals surface area contributed by atoms with Crippen molar-refractivity contribution in [3.63, 3.8) is 0 Å². The fourth-order valence-electron chi connectivity index (χ4n) is 3.29. The van der Waals surface area contributed by atoms with Crippen molar-refractivity contribution >= 4 is 21.2 Å². The van der Waals surface area contributed by atoms with Gasteiger partial charge in [0.05, 0.1) is 11.4 Å². The fraction of sp³-hybridized carbons (Fsp3) is 0.471. The summed E-state index contributed by atoms with van der Waals surface area (Å²) in [5.74, 6) is 0.175. The van der Waals surface area contributed by atoms with Gasteiger partial charge in [-0.2, -0.15) is 0 Å². The van der Waals surface area contributed by atoms with Gasteiger partial charge in [0.1, 0.15) is 14.8 Å². The average Bonchev–Trinajstić information content (AvgIpc) is 3.15. The quantitative estimate of drug-likeness (QED) is 0.839. The van der Waals surface area contributed by atoms with Crippen LogP contribution in [0.2, 0.25) is 0 Å². The smallest absolute Gasteiger partial charge is 0.147 e. The fourth-order valence-corrected chi connectivity index (χ4v) is 5.01. The molecule has 0 N–H and O–H groups in total. The molecule has 22 heavy (non-hydrogen) atoms. The minimum absolute atomic E-state index is 0.0370. The topological polar surface area (TPSA) is 47.0 Å². The van der Waals surface area contributed by atoms with Crippen molar-refractivity contribution in [2.75, 3.05) is 12.0 Å². The van der Waals surface area contributed by atoms with Gasteiger partial charge in [-0.1, -0.05) is 43.2 Å². The Kier molecular flexibility index (Phi) is 4.37. The number of thiazole rings is 1. The van der Waals surface area contributed by atoms with E-state index in [9.17, 15) is 8.42 Å². The highest BCUT2D eigenvalue weighted by Crippen LogP contribution is 2.47. The SMILES string of the molecule is CS(=O)(=O)CCc1csc(C2(c3ccccc3)CCCC2)n1. The number of sulfone groups is 1. The van der Waals surface area contributed by atoms with E-state index in [4.69, 9.17) is 4.98 Å². The molecule has 0 aliphatic heterocycles. The molecule has 3 nitrogen and oxygen atoms in total. The summed E-state index contributed by atoms with van der Waals surface area (Å²) in [6.07, 6.45) is 6.52. The lowest BCUT2D eigenvalue weighted by Gasteiger charge is -2.27. The van der Waals surface area contributed by atoms with Crippen LogP contribution >= 0.6 is 11.3 Å². The summed E-state index contributed by atoms with van der Waals surface area (Å²) >= 11 is 1.69. The molecule has 0 atom stereocenters. The van der Waals surface area contributed by atoms with Crippen molar-refractivity contribution < 1.29 is 8.42 Å². The number of hydrogen-bond donors (Lipinski definition) is 0. The van der Waals surface area contributed by atoms with Gasteiger partial charge in [0, 0.05) is 23.5 Å². The van der Waals surface area contributed by atoms with E-state index in [0.717, 1.165) is 23.5 Å². The summed E-state index contributed by atoms with van der Waals surface area (Å²) in [6.45, 7) is 0. The van der Waals surface area contributed by atoms with Crippen LogP contribution in [0.1, 0.15) is 41.9 Å². The van der Waals surface area contributed by atoms with Gasteiger partial charge >= 0.3 is 0 Å². The van der Waals surface area contributed by atoms with Crippen LogP contribution in [0.4, 0.5) is 0 Å². The summed E-state index contributed by atoms with van der Waals surface area (Å²) in [7, 11) is -2.93. The van der Waals surface area contributed by atoms with Crippen LogP contribution in [0.3, 0.4) is 0 Å². The lowest BCUT2D eigenvalue weighted by atomic mass is 9.79. The van der Waals surface area contributed by atoms with Crippen molar-refractivity contribution in [3.05, 3.63) is 52.0 Å². The molecule has 1 aromatic carbocycles.